The fourth-order valence-corrected chi connectivity index (χ4v) is 6.56. The summed E-state index contributed by atoms with van der Waals surface area (Å²) < 4.78 is 16.5. The Bertz CT molecular complexity index is 974. The number of nitrogens with zero attached hydrogens (tertiary/aromatic N) is 1. The largest absolute Gasteiger partial charge is 0.493 e. The van der Waals surface area contributed by atoms with E-state index >= 15 is 0 Å². The number of benzene rings is 1. The third kappa shape index (κ3) is 4.84. The molecule has 1 unspecified atom stereocenters. The minimum atomic E-state index is -1.08. The molecule has 1 fully saturated rings. The van der Waals surface area contributed by atoms with E-state index in [2.05, 4.69) is 50.3 Å². The van der Waals surface area contributed by atoms with Crippen molar-refractivity contribution in [2.24, 2.45) is 23.7 Å². The van der Waals surface area contributed by atoms with E-state index in [0.717, 1.165) is 49.4 Å². The molecular weight excluding hydrogens is 442 g/mol. The van der Waals surface area contributed by atoms with Gasteiger partial charge in [0.2, 0.25) is 0 Å². The van der Waals surface area contributed by atoms with E-state index in [1.54, 1.807) is 14.2 Å². The van der Waals surface area contributed by atoms with Crippen molar-refractivity contribution in [1.82, 2.24) is 4.90 Å². The Morgan fingerprint density at radius 2 is 1.91 bits per heavy atom. The molecule has 0 amide bonds. The molecule has 0 aromatic heterocycles. The Morgan fingerprint density at radius 3 is 2.57 bits per heavy atom. The maximum atomic E-state index is 11.8. The minimum Gasteiger partial charge on any atom is -0.493 e. The summed E-state index contributed by atoms with van der Waals surface area (Å²) in [7, 11) is 3.37. The monoisotopic (exact) mass is 483 g/mol. The lowest BCUT2D eigenvalue weighted by atomic mass is 9.57. The predicted octanol–water partition coefficient (Wildman–Crippen LogP) is 4.63. The van der Waals surface area contributed by atoms with E-state index in [1.165, 1.54) is 18.1 Å². The Hall–Kier alpha value is -2.05. The lowest BCUT2D eigenvalue weighted by molar-refractivity contribution is -0.148. The second-order valence-electron chi connectivity index (χ2n) is 10.8. The highest BCUT2D eigenvalue weighted by Crippen LogP contribution is 2.51. The lowest BCUT2D eigenvalue weighted by Crippen LogP contribution is -2.56. The third-order valence-corrected chi connectivity index (χ3v) is 8.72. The summed E-state index contributed by atoms with van der Waals surface area (Å²) in [5.74, 6) is 1.98. The van der Waals surface area contributed by atoms with Crippen LogP contribution in [0.1, 0.15) is 64.6 Å². The normalized spacial score (nSPS) is 33.7. The van der Waals surface area contributed by atoms with Crippen molar-refractivity contribution in [3.8, 4) is 11.5 Å². The van der Waals surface area contributed by atoms with Gasteiger partial charge in [0, 0.05) is 32.0 Å². The number of methoxy groups -OCH3 is 2. The fraction of sp³-hybridized carbons (Fsp3) is 0.655. The van der Waals surface area contributed by atoms with E-state index < -0.39 is 11.7 Å². The van der Waals surface area contributed by atoms with Gasteiger partial charge in [0.15, 0.2) is 11.5 Å². The maximum absolute atomic E-state index is 11.8. The van der Waals surface area contributed by atoms with Gasteiger partial charge in [0.05, 0.1) is 26.2 Å². The van der Waals surface area contributed by atoms with Gasteiger partial charge >= 0.3 is 5.97 Å². The van der Waals surface area contributed by atoms with Crippen molar-refractivity contribution >= 4 is 5.97 Å². The highest BCUT2D eigenvalue weighted by Gasteiger charge is 2.53. The molecule has 0 saturated heterocycles. The van der Waals surface area contributed by atoms with Gasteiger partial charge in [-0.05, 0) is 79.7 Å². The van der Waals surface area contributed by atoms with E-state index in [-0.39, 0.29) is 23.8 Å². The zero-order chi connectivity index (χ0) is 25.5. The second-order valence-corrected chi connectivity index (χ2v) is 10.8. The fourth-order valence-electron chi connectivity index (χ4n) is 6.56. The molecule has 2 radical (unpaired) electrons. The van der Waals surface area contributed by atoms with E-state index in [4.69, 9.17) is 14.2 Å². The zero-order valence-corrected chi connectivity index (χ0v) is 22.3. The van der Waals surface area contributed by atoms with Gasteiger partial charge in [-0.1, -0.05) is 19.9 Å². The molecule has 35 heavy (non-hydrogen) atoms. The number of carbonyl (C=O) groups excluding carboxylic acids is 1. The second kappa shape index (κ2) is 10.1. The first kappa shape index (κ1) is 26.0. The van der Waals surface area contributed by atoms with Crippen molar-refractivity contribution in [3.05, 3.63) is 41.3 Å². The van der Waals surface area contributed by atoms with Gasteiger partial charge in [-0.25, -0.2) is 0 Å². The molecule has 1 N–H and O–H groups in total. The number of esters is 1. The van der Waals surface area contributed by atoms with Gasteiger partial charge in [0.1, 0.15) is 6.10 Å². The summed E-state index contributed by atoms with van der Waals surface area (Å²) in [6, 6.07) is 4.52. The number of hydrogen-bond donors (Lipinski definition) is 1. The molecule has 7 atom stereocenters. The van der Waals surface area contributed by atoms with Crippen molar-refractivity contribution in [2.75, 3.05) is 27.3 Å². The predicted molar refractivity (Wildman–Crippen MR) is 135 cm³/mol. The van der Waals surface area contributed by atoms with Crippen LogP contribution in [-0.4, -0.2) is 55.0 Å². The Kier molecular flexibility index (Phi) is 7.54. The highest BCUT2D eigenvalue weighted by molar-refractivity contribution is 5.66. The van der Waals surface area contributed by atoms with E-state index in [1.807, 2.05) is 6.92 Å². The standard InChI is InChI=1S/C29H41NO5/c1-17-12-25-23(9-8-19(3)29(25,32)15-28(17)35-21(5)31)18(2)16-30-11-10-22-13-26(33-6)27(34-7)14-24(22)20(30)4/h12-14,18-20,23,25,28,32H,8-11,16H2,1-7H3/t18-,19-,20?,23+,25-,28-,29-/m1/s1. The molecule has 0 bridgehead atoms. The molecule has 192 valence electrons. The first-order valence-corrected chi connectivity index (χ1v) is 12.9. The van der Waals surface area contributed by atoms with Crippen LogP contribution in [0.3, 0.4) is 0 Å². The van der Waals surface area contributed by atoms with Crippen LogP contribution in [-0.2, 0) is 16.0 Å². The molecule has 1 aliphatic heterocycles. The third-order valence-electron chi connectivity index (χ3n) is 8.72. The summed E-state index contributed by atoms with van der Waals surface area (Å²) in [6.07, 6.45) is 7.87. The average molecular weight is 484 g/mol. The molecule has 0 spiro atoms. The van der Waals surface area contributed by atoms with Crippen molar-refractivity contribution in [3.63, 3.8) is 0 Å². The Balaban J connectivity index is 1.53. The molecule has 3 aliphatic rings. The summed E-state index contributed by atoms with van der Waals surface area (Å²) in [6.45, 7) is 12.0. The zero-order valence-electron chi connectivity index (χ0n) is 22.3. The molecule has 1 saturated carbocycles. The Morgan fingerprint density at radius 1 is 1.23 bits per heavy atom. The molecule has 6 nitrogen and oxygen atoms in total. The number of hydrogen-bond acceptors (Lipinski definition) is 6. The van der Waals surface area contributed by atoms with Crippen LogP contribution in [0.25, 0.3) is 0 Å². The number of aliphatic hydroxyl groups is 1. The van der Waals surface area contributed by atoms with Crippen LogP contribution in [0.2, 0.25) is 0 Å². The lowest BCUT2D eigenvalue weighted by Gasteiger charge is -2.53. The van der Waals surface area contributed by atoms with Crippen molar-refractivity contribution in [1.29, 1.82) is 0 Å². The highest BCUT2D eigenvalue weighted by atomic mass is 16.5. The van der Waals surface area contributed by atoms with Crippen LogP contribution in [0, 0.1) is 30.1 Å². The van der Waals surface area contributed by atoms with Crippen LogP contribution < -0.4 is 9.47 Å². The first-order chi connectivity index (χ1) is 16.6. The summed E-state index contributed by atoms with van der Waals surface area (Å²) in [4.78, 5) is 14.2. The van der Waals surface area contributed by atoms with Crippen LogP contribution in [0.4, 0.5) is 0 Å². The molecule has 1 heterocycles. The van der Waals surface area contributed by atoms with Gasteiger partial charge < -0.3 is 19.3 Å². The molecule has 1 aromatic rings. The SMILES string of the molecule is COc1cc2c(cc1OC)C(C)N(C[C@@H](C)[C@@H]1CC[C@@H](C)[C@]3(O)[C][C@@H](OC(C)=O)C(C)=C[C@H]13)CC2. The number of rotatable bonds is 6. The average Bonchev–Trinajstić information content (AvgIpc) is 2.82. The topological polar surface area (TPSA) is 68.2 Å². The summed E-state index contributed by atoms with van der Waals surface area (Å²) in [5.41, 5.74) is 2.50. The van der Waals surface area contributed by atoms with Crippen molar-refractivity contribution < 1.29 is 24.1 Å². The molecular formula is C29H41NO5. The first-order valence-electron chi connectivity index (χ1n) is 12.9. The van der Waals surface area contributed by atoms with E-state index in [0.29, 0.717) is 11.8 Å². The summed E-state index contributed by atoms with van der Waals surface area (Å²) in [5, 5.41) is 11.8. The molecule has 2 aliphatic carbocycles. The quantitative estimate of drug-likeness (QED) is 0.470. The van der Waals surface area contributed by atoms with Gasteiger partial charge in [-0.2, -0.15) is 0 Å². The van der Waals surface area contributed by atoms with Crippen LogP contribution in [0.5, 0.6) is 11.5 Å². The number of fused-ring (bicyclic) bond motifs is 2. The van der Waals surface area contributed by atoms with Crippen LogP contribution in [0.15, 0.2) is 23.8 Å². The minimum absolute atomic E-state index is 0.0233. The van der Waals surface area contributed by atoms with Crippen LogP contribution >= 0.6 is 0 Å². The van der Waals surface area contributed by atoms with Gasteiger partial charge in [-0.3, -0.25) is 9.69 Å². The molecule has 1 aromatic carbocycles. The Labute approximate surface area is 210 Å². The number of carbonyl (C=O) groups is 1. The number of ether oxygens (including phenoxy) is 3. The van der Waals surface area contributed by atoms with Crippen molar-refractivity contribution in [2.45, 2.75) is 71.6 Å². The smallest absolute Gasteiger partial charge is 0.303 e. The van der Waals surface area contributed by atoms with Gasteiger partial charge in [0.25, 0.3) is 0 Å². The van der Waals surface area contributed by atoms with Gasteiger partial charge in [-0.15, -0.1) is 0 Å². The van der Waals surface area contributed by atoms with E-state index in [9.17, 15) is 9.90 Å². The maximum Gasteiger partial charge on any atom is 0.303 e. The molecule has 4 rings (SSSR count). The summed E-state index contributed by atoms with van der Waals surface area (Å²) >= 11 is 0. The molecule has 6 heteroatoms.